The zero-order chi connectivity index (χ0) is 31.1. The van der Waals surface area contributed by atoms with Crippen molar-refractivity contribution in [3.63, 3.8) is 0 Å². The molecule has 2 heterocycles. The largest absolute Gasteiger partial charge is 0.450 e. The molecule has 6 rings (SSSR count). The molecule has 0 unspecified atom stereocenters. The lowest BCUT2D eigenvalue weighted by atomic mass is 9.80. The minimum Gasteiger partial charge on any atom is -0.450 e. The van der Waals surface area contributed by atoms with Gasteiger partial charge in [-0.2, -0.15) is 0 Å². The molecule has 11 heteroatoms. The quantitative estimate of drug-likeness (QED) is 0.153. The van der Waals surface area contributed by atoms with E-state index in [1.165, 1.54) is 12.1 Å². The molecule has 0 amide bonds. The van der Waals surface area contributed by atoms with E-state index < -0.39 is 23.6 Å². The van der Waals surface area contributed by atoms with E-state index in [0.717, 1.165) is 23.5 Å². The van der Waals surface area contributed by atoms with Crippen LogP contribution in [-0.2, 0) is 19.2 Å². The number of furan rings is 1. The predicted octanol–water partition coefficient (Wildman–Crippen LogP) is 7.59. The number of ketones is 2. The van der Waals surface area contributed by atoms with Crippen LogP contribution in [-0.4, -0.2) is 28.5 Å². The predicted molar refractivity (Wildman–Crippen MR) is 158 cm³/mol. The van der Waals surface area contributed by atoms with Gasteiger partial charge >= 0.3 is 11.9 Å². The highest BCUT2D eigenvalue weighted by atomic mass is 32.1. The molecule has 8 nitrogen and oxygen atoms in total. The normalized spacial score (nSPS) is 22.2. The highest BCUT2D eigenvalue weighted by Crippen LogP contribution is 2.43. The fraction of sp³-hybridized carbons (Fsp3) is 0.424. The summed E-state index contributed by atoms with van der Waals surface area (Å²) >= 11 is 1.10. The number of halogens is 2. The van der Waals surface area contributed by atoms with Crippen molar-refractivity contribution < 1.29 is 41.8 Å². The molecule has 44 heavy (non-hydrogen) atoms. The third-order valence-electron chi connectivity index (χ3n) is 8.91. The summed E-state index contributed by atoms with van der Waals surface area (Å²) in [5.74, 6) is -2.45. The Morgan fingerprint density at radius 1 is 0.773 bits per heavy atom. The van der Waals surface area contributed by atoms with Crippen molar-refractivity contribution >= 4 is 56.0 Å². The zero-order valence-electron chi connectivity index (χ0n) is 24.3. The first-order valence-electron chi connectivity index (χ1n) is 14.8. The Morgan fingerprint density at radius 3 is 1.86 bits per heavy atom. The molecule has 0 aliphatic heterocycles. The van der Waals surface area contributed by atoms with Gasteiger partial charge < -0.3 is 13.9 Å². The molecule has 2 aromatic carbocycles. The highest BCUT2D eigenvalue weighted by molar-refractivity contribution is 7.22. The third-order valence-corrected chi connectivity index (χ3v) is 9.99. The minimum absolute atomic E-state index is 0.0385. The van der Waals surface area contributed by atoms with Gasteiger partial charge in [0.15, 0.2) is 33.7 Å². The van der Waals surface area contributed by atoms with Gasteiger partial charge in [-0.3, -0.25) is 19.2 Å². The first-order valence-corrected chi connectivity index (χ1v) is 15.7. The molecule has 0 spiro atoms. The van der Waals surface area contributed by atoms with Gasteiger partial charge in [0.05, 0.1) is 11.8 Å². The number of thiazole rings is 1. The first-order chi connectivity index (χ1) is 21.1. The molecule has 0 bridgehead atoms. The number of carbonyl (C=O) groups excluding carboxylic acids is 4. The van der Waals surface area contributed by atoms with Crippen molar-refractivity contribution in [1.82, 2.24) is 4.98 Å². The lowest BCUT2D eigenvalue weighted by Crippen LogP contribution is -2.28. The Balaban J connectivity index is 1.31. The Morgan fingerprint density at radius 2 is 1.30 bits per heavy atom. The van der Waals surface area contributed by atoms with Crippen molar-refractivity contribution in [2.75, 3.05) is 0 Å². The minimum atomic E-state index is -0.851. The molecule has 2 aliphatic carbocycles. The van der Waals surface area contributed by atoms with Crippen LogP contribution in [0, 0.1) is 35.3 Å². The number of fused-ring (bicyclic) bond motifs is 2. The van der Waals surface area contributed by atoms with E-state index in [1.807, 2.05) is 0 Å². The topological polar surface area (TPSA) is 113 Å². The Bertz CT molecular complexity index is 1690. The van der Waals surface area contributed by atoms with Crippen LogP contribution < -0.4 is 9.47 Å². The van der Waals surface area contributed by atoms with Crippen molar-refractivity contribution in [2.45, 2.75) is 65.2 Å². The van der Waals surface area contributed by atoms with Gasteiger partial charge in [-0.1, -0.05) is 0 Å². The summed E-state index contributed by atoms with van der Waals surface area (Å²) < 4.78 is 46.0. The number of ether oxygens (including phenoxy) is 2. The number of hydrogen-bond donors (Lipinski definition) is 0. The number of Topliss-reactive ketones (excluding diaryl/α,β-unsaturated/α-hetero) is 2. The Labute approximate surface area is 255 Å². The lowest BCUT2D eigenvalue weighted by Gasteiger charge is -2.25. The molecule has 0 atom stereocenters. The molecule has 2 fully saturated rings. The summed E-state index contributed by atoms with van der Waals surface area (Å²) in [4.78, 5) is 54.5. The van der Waals surface area contributed by atoms with Gasteiger partial charge in [-0.15, -0.1) is 11.3 Å². The van der Waals surface area contributed by atoms with Crippen LogP contribution in [0.5, 0.6) is 11.5 Å². The van der Waals surface area contributed by atoms with Crippen LogP contribution in [0.3, 0.4) is 0 Å². The molecule has 2 saturated carbocycles. The van der Waals surface area contributed by atoms with Crippen LogP contribution in [0.25, 0.3) is 32.0 Å². The fourth-order valence-electron chi connectivity index (χ4n) is 6.26. The van der Waals surface area contributed by atoms with Gasteiger partial charge in [-0.25, -0.2) is 13.8 Å². The van der Waals surface area contributed by atoms with Gasteiger partial charge in [0.1, 0.15) is 27.6 Å². The van der Waals surface area contributed by atoms with Crippen LogP contribution in [0.1, 0.15) is 65.2 Å². The van der Waals surface area contributed by atoms with E-state index in [4.69, 9.17) is 13.9 Å². The third kappa shape index (κ3) is 6.02. The molecule has 2 aliphatic rings. The Hall–Kier alpha value is -3.99. The van der Waals surface area contributed by atoms with Crippen LogP contribution >= 0.6 is 11.3 Å². The van der Waals surface area contributed by atoms with Crippen LogP contribution in [0.15, 0.2) is 34.7 Å². The van der Waals surface area contributed by atoms with Crippen molar-refractivity contribution in [3.05, 3.63) is 42.0 Å². The molecule has 0 radical (unpaired) electrons. The number of benzene rings is 2. The maximum Gasteiger partial charge on any atom is 0.314 e. The van der Waals surface area contributed by atoms with Crippen molar-refractivity contribution in [2.24, 2.45) is 23.7 Å². The average molecular weight is 624 g/mol. The monoisotopic (exact) mass is 623 g/mol. The lowest BCUT2D eigenvalue weighted by molar-refractivity contribution is -0.141. The summed E-state index contributed by atoms with van der Waals surface area (Å²) in [6.07, 6.45) is 4.67. The van der Waals surface area contributed by atoms with Crippen LogP contribution in [0.2, 0.25) is 0 Å². The average Bonchev–Trinajstić information content (AvgIpc) is 3.64. The molecule has 2 aromatic heterocycles. The molecule has 230 valence electrons. The number of carbonyl (C=O) groups is 4. The highest BCUT2D eigenvalue weighted by Gasteiger charge is 2.32. The number of aromatic nitrogens is 1. The number of nitrogens with zero attached hydrogens (tertiary/aromatic N) is 1. The molecule has 4 aromatic rings. The first kappa shape index (κ1) is 30.1. The van der Waals surface area contributed by atoms with Gasteiger partial charge in [-0.05, 0) is 89.5 Å². The summed E-state index contributed by atoms with van der Waals surface area (Å²) in [6.45, 7) is 3.14. The van der Waals surface area contributed by atoms with Crippen molar-refractivity contribution in [3.8, 4) is 22.3 Å². The van der Waals surface area contributed by atoms with E-state index in [1.54, 1.807) is 19.9 Å². The second kappa shape index (κ2) is 12.2. The molecule has 0 N–H and O–H groups in total. The number of hydrogen-bond acceptors (Lipinski definition) is 9. The Kier molecular flexibility index (Phi) is 8.32. The smallest absolute Gasteiger partial charge is 0.314 e. The van der Waals surface area contributed by atoms with Crippen molar-refractivity contribution in [1.29, 1.82) is 0 Å². The van der Waals surface area contributed by atoms with E-state index in [2.05, 4.69) is 4.98 Å². The van der Waals surface area contributed by atoms with Gasteiger partial charge in [0.2, 0.25) is 0 Å². The summed E-state index contributed by atoms with van der Waals surface area (Å²) in [6, 6.07) is 6.43. The zero-order valence-corrected chi connectivity index (χ0v) is 25.1. The number of rotatable bonds is 7. The standard InChI is InChI=1S/C33H31F2NO7S/c1-16(37)18-3-7-20(8-4-18)32(39)42-25-11-12-26(43-33(40)21-9-5-19(6-10-21)17(2)38)30-28(25)36-31(44-30)27-14-22-13-23(34)15-24(35)29(22)41-27/h11-15,18-21H,3-10H2,1-2H3. The van der Waals surface area contributed by atoms with Crippen LogP contribution in [0.4, 0.5) is 8.78 Å². The summed E-state index contributed by atoms with van der Waals surface area (Å²) in [5, 5.41) is 0.512. The summed E-state index contributed by atoms with van der Waals surface area (Å²) in [5.41, 5.74) is 0.134. The summed E-state index contributed by atoms with van der Waals surface area (Å²) in [7, 11) is 0. The van der Waals surface area contributed by atoms with Gasteiger partial charge in [0, 0.05) is 23.3 Å². The molecular formula is C33H31F2NO7S. The maximum absolute atomic E-state index is 14.4. The number of esters is 2. The SMILES string of the molecule is CC(=O)C1CCC(C(=O)Oc2ccc(OC(=O)C3CCC(C(C)=O)CC3)c3sc(-c4cc5cc(F)cc(F)c5o4)nc23)CC1. The molecular weight excluding hydrogens is 592 g/mol. The van der Waals surface area contributed by atoms with E-state index in [9.17, 15) is 28.0 Å². The second-order valence-electron chi connectivity index (χ2n) is 11.8. The second-order valence-corrected chi connectivity index (χ2v) is 12.8. The van der Waals surface area contributed by atoms with Gasteiger partial charge in [0.25, 0.3) is 0 Å². The fourth-order valence-corrected chi connectivity index (χ4v) is 7.25. The van der Waals surface area contributed by atoms with E-state index >= 15 is 0 Å². The van der Waals surface area contributed by atoms with E-state index in [-0.39, 0.29) is 69.0 Å². The molecule has 0 saturated heterocycles. The maximum atomic E-state index is 14.4. The van der Waals surface area contributed by atoms with E-state index in [0.29, 0.717) is 61.1 Å².